The first-order chi connectivity index (χ1) is 8.49. The molecule has 1 rings (SSSR count). The van der Waals surface area contributed by atoms with Crippen LogP contribution in [-0.4, -0.2) is 23.6 Å². The van der Waals surface area contributed by atoms with Crippen LogP contribution >= 0.6 is 28.4 Å². The minimum absolute atomic E-state index is 0.0886. The molecule has 0 aromatic carbocycles. The molecule has 0 saturated heterocycles. The summed E-state index contributed by atoms with van der Waals surface area (Å²) >= 11 is 0. The van der Waals surface area contributed by atoms with Crippen LogP contribution in [0.4, 0.5) is 0 Å². The number of hydrogen-bond acceptors (Lipinski definition) is 4. The molecule has 1 fully saturated rings. The molecular weight excluding hydrogens is 289 g/mol. The smallest absolute Gasteiger partial charge is 0.170 e. The summed E-state index contributed by atoms with van der Waals surface area (Å²) in [5.74, 6) is 0.0716. The third-order valence-electron chi connectivity index (χ3n) is 4.03. The fraction of sp³-hybridized carbons (Fsp3) is 0.909. The van der Waals surface area contributed by atoms with Crippen LogP contribution in [0.25, 0.3) is 0 Å². The average molecular weight is 312 g/mol. The van der Waals surface area contributed by atoms with Gasteiger partial charge in [-0.05, 0) is 12.3 Å². The van der Waals surface area contributed by atoms with Gasteiger partial charge in [0, 0.05) is 34.3 Å². The van der Waals surface area contributed by atoms with Crippen molar-refractivity contribution >= 4 is 34.2 Å². The molecule has 0 spiro atoms. The summed E-state index contributed by atoms with van der Waals surface area (Å²) in [6.45, 7) is 5.96. The van der Waals surface area contributed by atoms with Crippen LogP contribution in [0.1, 0.15) is 33.6 Å². The Morgan fingerprint density at radius 3 is 2.22 bits per heavy atom. The summed E-state index contributed by atoms with van der Waals surface area (Å²) in [7, 11) is 6.73. The second-order valence-electron chi connectivity index (χ2n) is 4.93. The zero-order chi connectivity index (χ0) is 13.9. The minimum Gasteiger partial charge on any atom is -0.359 e. The first-order valence-corrected chi connectivity index (χ1v) is 7.54. The second kappa shape index (κ2) is 7.02. The van der Waals surface area contributed by atoms with Gasteiger partial charge in [0.05, 0.1) is 6.10 Å². The standard InChI is InChI=1S/C11H23O4P3/c1-4-5-11(15-18)9(12)7(3)6(2)8(13-16)10(11)14-17/h6-8,10H,4-5,16-18H2,1-3H3/t6?,7?,8-,10+,11-/m0/s1. The van der Waals surface area contributed by atoms with Crippen molar-refractivity contribution in [2.75, 3.05) is 0 Å². The second-order valence-corrected chi connectivity index (χ2v) is 5.71. The predicted molar refractivity (Wildman–Crippen MR) is 80.9 cm³/mol. The lowest BCUT2D eigenvalue weighted by Gasteiger charge is -2.49. The van der Waals surface area contributed by atoms with E-state index in [0.29, 0.717) is 6.42 Å². The van der Waals surface area contributed by atoms with Crippen molar-refractivity contribution in [3.05, 3.63) is 0 Å². The van der Waals surface area contributed by atoms with Gasteiger partial charge in [-0.15, -0.1) is 0 Å². The van der Waals surface area contributed by atoms with Gasteiger partial charge in [0.1, 0.15) is 6.10 Å². The van der Waals surface area contributed by atoms with Gasteiger partial charge in [-0.25, -0.2) is 0 Å². The lowest BCUT2D eigenvalue weighted by Crippen LogP contribution is -2.64. The highest BCUT2D eigenvalue weighted by molar-refractivity contribution is 7.10. The number of carbonyl (C=O) groups is 1. The van der Waals surface area contributed by atoms with Gasteiger partial charge in [-0.1, -0.05) is 27.2 Å². The maximum atomic E-state index is 12.6. The maximum Gasteiger partial charge on any atom is 0.170 e. The fourth-order valence-electron chi connectivity index (χ4n) is 2.79. The van der Waals surface area contributed by atoms with Crippen LogP contribution in [-0.2, 0) is 18.4 Å². The van der Waals surface area contributed by atoms with Crippen LogP contribution in [0, 0.1) is 11.8 Å². The maximum absolute atomic E-state index is 12.6. The number of Topliss-reactive ketones (excluding diaryl/α,β-unsaturated/α-hetero) is 1. The summed E-state index contributed by atoms with van der Waals surface area (Å²) in [6, 6.07) is 0. The monoisotopic (exact) mass is 312 g/mol. The Morgan fingerprint density at radius 1 is 1.22 bits per heavy atom. The van der Waals surface area contributed by atoms with E-state index in [2.05, 4.69) is 28.4 Å². The fourth-order valence-corrected chi connectivity index (χ4v) is 3.93. The van der Waals surface area contributed by atoms with E-state index in [4.69, 9.17) is 13.6 Å². The number of carbonyl (C=O) groups excluding carboxylic acids is 1. The Morgan fingerprint density at radius 2 is 1.83 bits per heavy atom. The molecule has 0 aromatic rings. The molecule has 5 unspecified atom stereocenters. The Labute approximate surface area is 116 Å². The molecule has 0 radical (unpaired) electrons. The van der Waals surface area contributed by atoms with Crippen molar-refractivity contribution in [3.8, 4) is 0 Å². The quantitative estimate of drug-likeness (QED) is 0.732. The minimum atomic E-state index is -0.936. The molecule has 0 aromatic heterocycles. The van der Waals surface area contributed by atoms with Crippen LogP contribution in [0.15, 0.2) is 0 Å². The third kappa shape index (κ3) is 2.66. The lowest BCUT2D eigenvalue weighted by molar-refractivity contribution is -0.170. The van der Waals surface area contributed by atoms with E-state index >= 15 is 0 Å². The Bertz CT molecular complexity index is 302. The molecule has 1 saturated carbocycles. The number of rotatable bonds is 5. The molecule has 0 heterocycles. The van der Waals surface area contributed by atoms with Crippen LogP contribution in [0.2, 0.25) is 0 Å². The van der Waals surface area contributed by atoms with E-state index in [0.717, 1.165) is 6.42 Å². The van der Waals surface area contributed by atoms with E-state index in [1.54, 1.807) is 0 Å². The highest BCUT2D eigenvalue weighted by Crippen LogP contribution is 2.44. The molecule has 0 amide bonds. The summed E-state index contributed by atoms with van der Waals surface area (Å²) in [5, 5.41) is 0. The topological polar surface area (TPSA) is 44.8 Å². The Balaban J connectivity index is 3.21. The average Bonchev–Trinajstić information content (AvgIpc) is 2.39. The van der Waals surface area contributed by atoms with Crippen LogP contribution in [0.5, 0.6) is 0 Å². The highest BCUT2D eigenvalue weighted by atomic mass is 31.0. The number of ketones is 1. The zero-order valence-corrected chi connectivity index (χ0v) is 14.6. The molecule has 0 bridgehead atoms. The van der Waals surface area contributed by atoms with Crippen molar-refractivity contribution in [1.82, 2.24) is 0 Å². The summed E-state index contributed by atoms with van der Waals surface area (Å²) < 4.78 is 16.5. The van der Waals surface area contributed by atoms with Crippen molar-refractivity contribution in [1.29, 1.82) is 0 Å². The van der Waals surface area contributed by atoms with E-state index in [1.165, 1.54) is 0 Å². The Kier molecular flexibility index (Phi) is 6.59. The van der Waals surface area contributed by atoms with E-state index < -0.39 is 11.7 Å². The van der Waals surface area contributed by atoms with Gasteiger partial charge < -0.3 is 13.6 Å². The largest absolute Gasteiger partial charge is 0.359 e. The van der Waals surface area contributed by atoms with Crippen LogP contribution in [0.3, 0.4) is 0 Å². The van der Waals surface area contributed by atoms with Gasteiger partial charge in [-0.3, -0.25) is 4.79 Å². The van der Waals surface area contributed by atoms with Gasteiger partial charge in [0.15, 0.2) is 11.4 Å². The molecule has 0 aliphatic heterocycles. The molecule has 106 valence electrons. The van der Waals surface area contributed by atoms with Gasteiger partial charge >= 0.3 is 0 Å². The van der Waals surface area contributed by atoms with E-state index in [1.807, 2.05) is 20.8 Å². The molecule has 1 aliphatic carbocycles. The predicted octanol–water partition coefficient (Wildman–Crippen LogP) is 2.54. The number of hydrogen-bond donors (Lipinski definition) is 0. The zero-order valence-electron chi connectivity index (χ0n) is 11.1. The highest BCUT2D eigenvalue weighted by Gasteiger charge is 2.57. The summed E-state index contributed by atoms with van der Waals surface area (Å²) in [6.07, 6.45) is 0.856. The SMILES string of the molecule is CCC[C@]1(OP)C(=O)C(C)C(C)[C@H](OP)[C@H]1OP. The molecule has 8 atom stereocenters. The first-order valence-electron chi connectivity index (χ1n) is 6.13. The third-order valence-corrected chi connectivity index (χ3v) is 5.06. The van der Waals surface area contributed by atoms with Crippen LogP contribution < -0.4 is 0 Å². The summed E-state index contributed by atoms with van der Waals surface area (Å²) in [5.41, 5.74) is -0.936. The van der Waals surface area contributed by atoms with Crippen molar-refractivity contribution in [2.24, 2.45) is 11.8 Å². The molecule has 1 aliphatic rings. The van der Waals surface area contributed by atoms with Gasteiger partial charge in [0.25, 0.3) is 0 Å². The molecule has 7 heteroatoms. The molecule has 0 N–H and O–H groups in total. The van der Waals surface area contributed by atoms with E-state index in [-0.39, 0.29) is 23.7 Å². The molecule has 4 nitrogen and oxygen atoms in total. The van der Waals surface area contributed by atoms with Crippen molar-refractivity contribution < 1.29 is 18.4 Å². The molecule has 18 heavy (non-hydrogen) atoms. The first kappa shape index (κ1) is 16.9. The summed E-state index contributed by atoms with van der Waals surface area (Å²) in [4.78, 5) is 12.6. The van der Waals surface area contributed by atoms with Gasteiger partial charge in [0.2, 0.25) is 0 Å². The van der Waals surface area contributed by atoms with Crippen molar-refractivity contribution in [2.45, 2.75) is 51.4 Å². The normalized spacial score (nSPS) is 41.1. The van der Waals surface area contributed by atoms with E-state index in [9.17, 15) is 4.79 Å². The van der Waals surface area contributed by atoms with Gasteiger partial charge in [-0.2, -0.15) is 0 Å². The lowest BCUT2D eigenvalue weighted by atomic mass is 9.67. The van der Waals surface area contributed by atoms with Crippen molar-refractivity contribution in [3.63, 3.8) is 0 Å². The molecular formula is C11H23O4P3. The Hall–Kier alpha value is 0.840.